The van der Waals surface area contributed by atoms with Crippen LogP contribution in [0, 0.1) is 0 Å². The van der Waals surface area contributed by atoms with Crippen LogP contribution in [0.3, 0.4) is 0 Å². The molecule has 1 saturated carbocycles. The van der Waals surface area contributed by atoms with Crippen molar-refractivity contribution in [2.75, 3.05) is 0 Å². The van der Waals surface area contributed by atoms with Crippen molar-refractivity contribution in [2.45, 2.75) is 58.2 Å². The van der Waals surface area contributed by atoms with Crippen molar-refractivity contribution >= 4 is 5.97 Å². The monoisotopic (exact) mass is 251 g/mol. The average Bonchev–Trinajstić information content (AvgIpc) is 2.95. The summed E-state index contributed by atoms with van der Waals surface area (Å²) in [7, 11) is 0. The Morgan fingerprint density at radius 2 is 2.22 bits per heavy atom. The highest BCUT2D eigenvalue weighted by molar-refractivity contribution is 5.87. The summed E-state index contributed by atoms with van der Waals surface area (Å²) in [6, 6.07) is 0.602. The third kappa shape index (κ3) is 2.72. The molecule has 0 spiro atoms. The molecule has 0 bridgehead atoms. The summed E-state index contributed by atoms with van der Waals surface area (Å²) in [6.07, 6.45) is 6.61. The lowest BCUT2D eigenvalue weighted by atomic mass is 10.2. The minimum absolute atomic E-state index is 0.0660. The topological polar surface area (TPSA) is 67.2 Å². The first-order valence-electron chi connectivity index (χ1n) is 6.62. The van der Waals surface area contributed by atoms with Crippen molar-refractivity contribution < 1.29 is 9.90 Å². The Labute approximate surface area is 107 Å². The smallest absolute Gasteiger partial charge is 0.354 e. The second-order valence-corrected chi connectivity index (χ2v) is 5.22. The number of rotatable bonds is 5. The Hall–Kier alpha value is -1.36. The van der Waals surface area contributed by atoms with Gasteiger partial charge in [-0.15, -0.1) is 0 Å². The fourth-order valence-electron chi connectivity index (χ4n) is 2.54. The van der Waals surface area contributed by atoms with Crippen LogP contribution in [-0.4, -0.2) is 26.9 Å². The van der Waals surface area contributed by atoms with E-state index in [1.165, 1.54) is 25.7 Å². The van der Waals surface area contributed by atoms with Crippen LogP contribution in [-0.2, 0) is 6.54 Å². The number of nitrogens with one attached hydrogen (secondary N) is 1. The first kappa shape index (κ1) is 13.1. The molecule has 0 amide bonds. The SMILES string of the molecule is CC(C)n1ncc(CNC2CCCC2)c1C(=O)O. The molecule has 2 N–H and O–H groups in total. The second kappa shape index (κ2) is 5.52. The molecule has 0 unspecified atom stereocenters. The van der Waals surface area contributed by atoms with Crippen molar-refractivity contribution in [2.24, 2.45) is 0 Å². The number of carboxylic acid groups (broad SMARTS) is 1. The largest absolute Gasteiger partial charge is 0.477 e. The number of hydrogen-bond acceptors (Lipinski definition) is 3. The molecule has 2 rings (SSSR count). The van der Waals surface area contributed by atoms with E-state index in [1.807, 2.05) is 13.8 Å². The fraction of sp³-hybridized carbons (Fsp3) is 0.692. The quantitative estimate of drug-likeness (QED) is 0.841. The Bertz CT molecular complexity index is 420. The molecular weight excluding hydrogens is 230 g/mol. The lowest BCUT2D eigenvalue weighted by Gasteiger charge is -2.12. The van der Waals surface area contributed by atoms with E-state index in [2.05, 4.69) is 10.4 Å². The molecule has 5 heteroatoms. The molecule has 0 radical (unpaired) electrons. The zero-order valence-corrected chi connectivity index (χ0v) is 11.0. The van der Waals surface area contributed by atoms with Crippen molar-refractivity contribution in [1.82, 2.24) is 15.1 Å². The first-order chi connectivity index (χ1) is 8.59. The molecule has 1 fully saturated rings. The van der Waals surface area contributed by atoms with E-state index in [0.717, 1.165) is 5.56 Å². The molecule has 1 aliphatic carbocycles. The lowest BCUT2D eigenvalue weighted by molar-refractivity contribution is 0.0679. The summed E-state index contributed by atoms with van der Waals surface area (Å²) in [6.45, 7) is 4.47. The van der Waals surface area contributed by atoms with E-state index in [0.29, 0.717) is 18.3 Å². The molecule has 5 nitrogen and oxygen atoms in total. The predicted molar refractivity (Wildman–Crippen MR) is 68.7 cm³/mol. The van der Waals surface area contributed by atoms with Gasteiger partial charge in [0.1, 0.15) is 0 Å². The Morgan fingerprint density at radius 3 is 2.78 bits per heavy atom. The maximum absolute atomic E-state index is 11.3. The summed E-state index contributed by atoms with van der Waals surface area (Å²) in [4.78, 5) is 11.3. The van der Waals surface area contributed by atoms with Crippen molar-refractivity contribution in [3.05, 3.63) is 17.5 Å². The van der Waals surface area contributed by atoms with Gasteiger partial charge >= 0.3 is 5.97 Å². The van der Waals surface area contributed by atoms with Gasteiger partial charge in [0.15, 0.2) is 5.69 Å². The molecule has 0 aliphatic heterocycles. The molecule has 1 heterocycles. The van der Waals surface area contributed by atoms with Gasteiger partial charge < -0.3 is 10.4 Å². The summed E-state index contributed by atoms with van der Waals surface area (Å²) < 4.78 is 1.58. The maximum atomic E-state index is 11.3. The predicted octanol–water partition coefficient (Wildman–Crippen LogP) is 2.19. The molecule has 18 heavy (non-hydrogen) atoms. The van der Waals surface area contributed by atoms with Crippen LogP contribution in [0.4, 0.5) is 0 Å². The van der Waals surface area contributed by atoms with Gasteiger partial charge in [0, 0.05) is 24.2 Å². The molecule has 0 saturated heterocycles. The van der Waals surface area contributed by atoms with Gasteiger partial charge in [-0.25, -0.2) is 4.79 Å². The molecule has 0 aromatic carbocycles. The minimum atomic E-state index is -0.899. The van der Waals surface area contributed by atoms with Crippen LogP contribution in [0.25, 0.3) is 0 Å². The zero-order chi connectivity index (χ0) is 13.1. The number of aromatic nitrogens is 2. The van der Waals surface area contributed by atoms with Crippen molar-refractivity contribution in [1.29, 1.82) is 0 Å². The maximum Gasteiger partial charge on any atom is 0.354 e. The van der Waals surface area contributed by atoms with Crippen LogP contribution in [0.15, 0.2) is 6.20 Å². The summed E-state index contributed by atoms with van der Waals surface area (Å²) >= 11 is 0. The van der Waals surface area contributed by atoms with Crippen molar-refractivity contribution in [3.8, 4) is 0 Å². The molecule has 1 aliphatic rings. The van der Waals surface area contributed by atoms with Gasteiger partial charge in [0.25, 0.3) is 0 Å². The van der Waals surface area contributed by atoms with E-state index >= 15 is 0 Å². The third-order valence-corrected chi connectivity index (χ3v) is 3.50. The highest BCUT2D eigenvalue weighted by atomic mass is 16.4. The van der Waals surface area contributed by atoms with E-state index in [1.54, 1.807) is 10.9 Å². The van der Waals surface area contributed by atoms with Crippen LogP contribution in [0.5, 0.6) is 0 Å². The molecule has 0 atom stereocenters. The Morgan fingerprint density at radius 1 is 1.56 bits per heavy atom. The van der Waals surface area contributed by atoms with Crippen LogP contribution >= 0.6 is 0 Å². The van der Waals surface area contributed by atoms with Crippen LogP contribution in [0.1, 0.15) is 61.6 Å². The van der Waals surface area contributed by atoms with Gasteiger partial charge in [-0.2, -0.15) is 5.10 Å². The van der Waals surface area contributed by atoms with E-state index in [9.17, 15) is 9.90 Å². The van der Waals surface area contributed by atoms with Crippen molar-refractivity contribution in [3.63, 3.8) is 0 Å². The summed E-state index contributed by atoms with van der Waals surface area (Å²) in [5.41, 5.74) is 1.10. The highest BCUT2D eigenvalue weighted by Crippen LogP contribution is 2.19. The number of nitrogens with zero attached hydrogens (tertiary/aromatic N) is 2. The van der Waals surface area contributed by atoms with E-state index < -0.39 is 5.97 Å². The third-order valence-electron chi connectivity index (χ3n) is 3.50. The van der Waals surface area contributed by atoms with E-state index in [-0.39, 0.29) is 6.04 Å². The van der Waals surface area contributed by atoms with Crippen LogP contribution in [0.2, 0.25) is 0 Å². The Balaban J connectivity index is 2.09. The molecule has 1 aromatic heterocycles. The Kier molecular flexibility index (Phi) is 4.01. The number of carbonyl (C=O) groups is 1. The summed E-state index contributed by atoms with van der Waals surface area (Å²) in [5.74, 6) is -0.899. The molecular formula is C13H21N3O2. The fourth-order valence-corrected chi connectivity index (χ4v) is 2.54. The van der Waals surface area contributed by atoms with Gasteiger partial charge in [-0.1, -0.05) is 12.8 Å². The summed E-state index contributed by atoms with van der Waals surface area (Å²) in [5, 5.41) is 16.9. The second-order valence-electron chi connectivity index (χ2n) is 5.22. The van der Waals surface area contributed by atoms with Gasteiger partial charge in [-0.3, -0.25) is 4.68 Å². The molecule has 100 valence electrons. The van der Waals surface area contributed by atoms with E-state index in [4.69, 9.17) is 0 Å². The number of hydrogen-bond donors (Lipinski definition) is 2. The number of aromatic carboxylic acids is 1. The molecule has 1 aromatic rings. The minimum Gasteiger partial charge on any atom is -0.477 e. The zero-order valence-electron chi connectivity index (χ0n) is 11.0. The highest BCUT2D eigenvalue weighted by Gasteiger charge is 2.21. The van der Waals surface area contributed by atoms with Gasteiger partial charge in [0.2, 0.25) is 0 Å². The number of carboxylic acids is 1. The average molecular weight is 251 g/mol. The van der Waals surface area contributed by atoms with Gasteiger partial charge in [0.05, 0.1) is 6.20 Å². The lowest BCUT2D eigenvalue weighted by Crippen LogP contribution is -2.26. The van der Waals surface area contributed by atoms with Gasteiger partial charge in [-0.05, 0) is 26.7 Å². The standard InChI is InChI=1S/C13H21N3O2/c1-9(2)16-12(13(17)18)10(8-15-16)7-14-11-5-3-4-6-11/h8-9,11,14H,3-7H2,1-2H3,(H,17,18). The van der Waals surface area contributed by atoms with Crippen LogP contribution < -0.4 is 5.32 Å². The normalized spacial score (nSPS) is 16.6. The first-order valence-corrected chi connectivity index (χ1v) is 6.62.